The van der Waals surface area contributed by atoms with Gasteiger partial charge in [-0.25, -0.2) is 0 Å². The van der Waals surface area contributed by atoms with E-state index >= 15 is 0 Å². The van der Waals surface area contributed by atoms with Crippen LogP contribution in [-0.4, -0.2) is 55.6 Å². The van der Waals surface area contributed by atoms with Gasteiger partial charge in [0.2, 0.25) is 0 Å². The lowest BCUT2D eigenvalue weighted by Gasteiger charge is -2.39. The van der Waals surface area contributed by atoms with Crippen molar-refractivity contribution in [2.45, 2.75) is 6.04 Å². The molecule has 0 spiro atoms. The summed E-state index contributed by atoms with van der Waals surface area (Å²) in [6, 6.07) is 17.5. The van der Waals surface area contributed by atoms with Gasteiger partial charge in [-0.05, 0) is 42.5 Å². The molecule has 1 aliphatic heterocycles. The van der Waals surface area contributed by atoms with Crippen LogP contribution < -0.4 is 15.0 Å². The zero-order valence-electron chi connectivity index (χ0n) is 18.3. The fourth-order valence-corrected chi connectivity index (χ4v) is 4.08. The molecule has 0 saturated carbocycles. The molecule has 2 aromatic carbocycles. The number of para-hydroxylation sites is 1. The molecule has 1 saturated heterocycles. The van der Waals surface area contributed by atoms with Gasteiger partial charge < -0.3 is 19.4 Å². The van der Waals surface area contributed by atoms with Crippen molar-refractivity contribution in [2.75, 3.05) is 44.7 Å². The summed E-state index contributed by atoms with van der Waals surface area (Å²) in [5.41, 5.74) is 0.970. The second-order valence-electron chi connectivity index (χ2n) is 7.74. The maximum Gasteiger partial charge on any atom is 0.282 e. The number of nitro groups is 1. The summed E-state index contributed by atoms with van der Waals surface area (Å²) in [5, 5.41) is 14.1. The molecule has 2 heterocycles. The van der Waals surface area contributed by atoms with Crippen molar-refractivity contribution in [1.82, 2.24) is 10.2 Å². The van der Waals surface area contributed by atoms with Crippen molar-refractivity contribution in [2.24, 2.45) is 0 Å². The summed E-state index contributed by atoms with van der Waals surface area (Å²) in [5.74, 6) is 1.09. The lowest BCUT2D eigenvalue weighted by Crippen LogP contribution is -2.49. The third-order valence-corrected chi connectivity index (χ3v) is 5.87. The van der Waals surface area contributed by atoms with Crippen LogP contribution in [0.25, 0.3) is 0 Å². The number of hydrogen-bond donors (Lipinski definition) is 1. The van der Waals surface area contributed by atoms with E-state index in [1.807, 2.05) is 36.4 Å². The molecule has 33 heavy (non-hydrogen) atoms. The van der Waals surface area contributed by atoms with Crippen LogP contribution in [0.2, 0.25) is 0 Å². The monoisotopic (exact) mass is 450 g/mol. The van der Waals surface area contributed by atoms with Crippen molar-refractivity contribution < 1.29 is 18.9 Å². The Morgan fingerprint density at radius 1 is 1.09 bits per heavy atom. The number of carbonyl (C=O) groups excluding carboxylic acids is 1. The molecule has 172 valence electrons. The van der Waals surface area contributed by atoms with Crippen molar-refractivity contribution in [3.05, 3.63) is 88.4 Å². The number of benzene rings is 2. The van der Waals surface area contributed by atoms with E-state index in [4.69, 9.17) is 9.15 Å². The van der Waals surface area contributed by atoms with Gasteiger partial charge in [-0.3, -0.25) is 19.8 Å². The van der Waals surface area contributed by atoms with E-state index in [1.54, 1.807) is 25.5 Å². The first kappa shape index (κ1) is 22.3. The number of nitrogens with one attached hydrogen (secondary N) is 1. The van der Waals surface area contributed by atoms with Crippen LogP contribution >= 0.6 is 0 Å². The Morgan fingerprint density at radius 2 is 1.82 bits per heavy atom. The zero-order valence-corrected chi connectivity index (χ0v) is 18.3. The van der Waals surface area contributed by atoms with Gasteiger partial charge in [0.15, 0.2) is 0 Å². The zero-order chi connectivity index (χ0) is 23.2. The predicted octanol–water partition coefficient (Wildman–Crippen LogP) is 3.49. The molecule has 1 unspecified atom stereocenters. The maximum atomic E-state index is 12.7. The molecule has 1 amide bonds. The van der Waals surface area contributed by atoms with E-state index in [1.165, 1.54) is 12.1 Å². The van der Waals surface area contributed by atoms with E-state index < -0.39 is 10.8 Å². The highest BCUT2D eigenvalue weighted by atomic mass is 16.6. The van der Waals surface area contributed by atoms with Crippen LogP contribution in [0.3, 0.4) is 0 Å². The summed E-state index contributed by atoms with van der Waals surface area (Å²) in [6.45, 7) is 3.47. The number of ether oxygens (including phenoxy) is 1. The quantitative estimate of drug-likeness (QED) is 0.414. The highest BCUT2D eigenvalue weighted by Gasteiger charge is 2.28. The lowest BCUT2D eigenvalue weighted by atomic mass is 10.1. The topological polar surface area (TPSA) is 101 Å². The summed E-state index contributed by atoms with van der Waals surface area (Å²) in [6.07, 6.45) is 1.61. The number of nitro benzene ring substituents is 1. The van der Waals surface area contributed by atoms with Crippen LogP contribution in [0.15, 0.2) is 71.3 Å². The summed E-state index contributed by atoms with van der Waals surface area (Å²) in [7, 11) is 1.65. The highest BCUT2D eigenvalue weighted by Crippen LogP contribution is 2.26. The van der Waals surface area contributed by atoms with Crippen LogP contribution in [0.1, 0.15) is 22.2 Å². The fourth-order valence-electron chi connectivity index (χ4n) is 4.08. The van der Waals surface area contributed by atoms with E-state index in [9.17, 15) is 14.9 Å². The van der Waals surface area contributed by atoms with E-state index in [0.29, 0.717) is 0 Å². The van der Waals surface area contributed by atoms with Crippen molar-refractivity contribution >= 4 is 17.3 Å². The molecule has 3 aromatic rings. The van der Waals surface area contributed by atoms with Crippen LogP contribution in [0, 0.1) is 10.1 Å². The molecule has 0 aliphatic carbocycles. The number of furan rings is 1. The summed E-state index contributed by atoms with van der Waals surface area (Å²) < 4.78 is 10.9. The van der Waals surface area contributed by atoms with Gasteiger partial charge in [0, 0.05) is 44.5 Å². The van der Waals surface area contributed by atoms with Gasteiger partial charge in [-0.15, -0.1) is 0 Å². The minimum Gasteiger partial charge on any atom is -0.497 e. The van der Waals surface area contributed by atoms with Gasteiger partial charge >= 0.3 is 0 Å². The van der Waals surface area contributed by atoms with E-state index in [0.717, 1.165) is 43.4 Å². The van der Waals surface area contributed by atoms with Crippen molar-refractivity contribution in [3.8, 4) is 5.75 Å². The second-order valence-corrected chi connectivity index (χ2v) is 7.74. The van der Waals surface area contributed by atoms with Crippen LogP contribution in [0.5, 0.6) is 5.75 Å². The standard InChI is InChI=1S/C24H26N4O5/c1-32-19-10-8-18(9-11-19)26-12-14-27(15-13-26)22(23-7-4-16-33-23)17-25-24(29)20-5-2-3-6-21(20)28(30)31/h2-11,16,22H,12-15,17H2,1H3,(H,25,29). The van der Waals surface area contributed by atoms with Crippen LogP contribution in [-0.2, 0) is 0 Å². The minimum atomic E-state index is -0.544. The predicted molar refractivity (Wildman–Crippen MR) is 124 cm³/mol. The summed E-state index contributed by atoms with van der Waals surface area (Å²) >= 11 is 0. The number of anilines is 1. The highest BCUT2D eigenvalue weighted by molar-refractivity contribution is 5.98. The van der Waals surface area contributed by atoms with Crippen molar-refractivity contribution in [3.63, 3.8) is 0 Å². The number of hydrogen-bond acceptors (Lipinski definition) is 7. The summed E-state index contributed by atoms with van der Waals surface area (Å²) in [4.78, 5) is 28.0. The number of methoxy groups -OCH3 is 1. The molecule has 1 N–H and O–H groups in total. The molecule has 9 nitrogen and oxygen atoms in total. The Labute approximate surface area is 191 Å². The molecular formula is C24H26N4O5. The minimum absolute atomic E-state index is 0.0463. The van der Waals surface area contributed by atoms with Gasteiger partial charge in [0.05, 0.1) is 24.3 Å². The number of amides is 1. The second kappa shape index (κ2) is 10.2. The molecule has 1 atom stereocenters. The Kier molecular flexibility index (Phi) is 6.89. The lowest BCUT2D eigenvalue weighted by molar-refractivity contribution is -0.385. The van der Waals surface area contributed by atoms with Gasteiger partial charge in [0.1, 0.15) is 17.1 Å². The van der Waals surface area contributed by atoms with Crippen molar-refractivity contribution in [1.29, 1.82) is 0 Å². The largest absolute Gasteiger partial charge is 0.497 e. The molecule has 9 heteroatoms. The molecule has 0 bridgehead atoms. The third kappa shape index (κ3) is 5.15. The first-order chi connectivity index (χ1) is 16.1. The fraction of sp³-hybridized carbons (Fsp3) is 0.292. The first-order valence-electron chi connectivity index (χ1n) is 10.7. The molecule has 0 radical (unpaired) electrons. The van der Waals surface area contributed by atoms with Gasteiger partial charge in [0.25, 0.3) is 11.6 Å². The van der Waals surface area contributed by atoms with Gasteiger partial charge in [-0.1, -0.05) is 12.1 Å². The molecule has 1 fully saturated rings. The average Bonchev–Trinajstić information content (AvgIpc) is 3.39. The molecule has 1 aromatic heterocycles. The van der Waals surface area contributed by atoms with E-state index in [2.05, 4.69) is 15.1 Å². The Morgan fingerprint density at radius 3 is 2.45 bits per heavy atom. The first-order valence-corrected chi connectivity index (χ1v) is 10.7. The molecule has 4 rings (SSSR count). The third-order valence-electron chi connectivity index (χ3n) is 5.87. The number of nitrogens with zero attached hydrogens (tertiary/aromatic N) is 3. The normalized spacial score (nSPS) is 15.1. The smallest absolute Gasteiger partial charge is 0.282 e. The maximum absolute atomic E-state index is 12.7. The number of piperazine rings is 1. The van der Waals surface area contributed by atoms with Gasteiger partial charge in [-0.2, -0.15) is 0 Å². The SMILES string of the molecule is COc1ccc(N2CCN(C(CNC(=O)c3ccccc3[N+](=O)[O-])c3ccco3)CC2)cc1. The molecule has 1 aliphatic rings. The average molecular weight is 450 g/mol. The Balaban J connectivity index is 1.42. The number of rotatable bonds is 8. The van der Waals surface area contributed by atoms with E-state index in [-0.39, 0.29) is 23.8 Å². The molecular weight excluding hydrogens is 424 g/mol. The number of carbonyl (C=O) groups is 1. The Bertz CT molecular complexity index is 1080. The Hall–Kier alpha value is -3.85. The van der Waals surface area contributed by atoms with Crippen LogP contribution in [0.4, 0.5) is 11.4 Å².